The molecule has 1 unspecified atom stereocenters. The van der Waals surface area contributed by atoms with E-state index in [0.717, 1.165) is 5.56 Å². The van der Waals surface area contributed by atoms with E-state index in [1.165, 1.54) is 0 Å². The Labute approximate surface area is 119 Å². The molecule has 1 N–H and O–H groups in total. The highest BCUT2D eigenvalue weighted by atomic mass is 35.5. The van der Waals surface area contributed by atoms with Crippen molar-refractivity contribution in [3.63, 3.8) is 0 Å². The lowest BCUT2D eigenvalue weighted by molar-refractivity contribution is -0.128. The van der Waals surface area contributed by atoms with E-state index in [2.05, 4.69) is 13.8 Å². The molecule has 0 aliphatic carbocycles. The topological polar surface area (TPSA) is 40.5 Å². The minimum Gasteiger partial charge on any atom is -0.396 e. The third kappa shape index (κ3) is 3.28. The fraction of sp³-hybridized carbons (Fsp3) is 0.533. The van der Waals surface area contributed by atoms with Crippen molar-refractivity contribution < 1.29 is 9.90 Å². The van der Waals surface area contributed by atoms with Gasteiger partial charge in [-0.2, -0.15) is 0 Å². The molecular formula is C15H20ClNO2. The molecule has 1 fully saturated rings. The maximum atomic E-state index is 11.9. The normalized spacial score (nSPS) is 20.1. The molecule has 2 rings (SSSR count). The van der Waals surface area contributed by atoms with Gasteiger partial charge < -0.3 is 10.0 Å². The van der Waals surface area contributed by atoms with Crippen LogP contribution in [0.25, 0.3) is 0 Å². The summed E-state index contributed by atoms with van der Waals surface area (Å²) in [6.07, 6.45) is 0.460. The van der Waals surface area contributed by atoms with Gasteiger partial charge in [0.2, 0.25) is 5.91 Å². The average Bonchev–Trinajstić information content (AvgIpc) is 2.70. The molecule has 0 spiro atoms. The van der Waals surface area contributed by atoms with E-state index in [-0.39, 0.29) is 23.8 Å². The van der Waals surface area contributed by atoms with Crippen LogP contribution in [0.1, 0.15) is 25.8 Å². The lowest BCUT2D eigenvalue weighted by Crippen LogP contribution is -2.38. The van der Waals surface area contributed by atoms with Crippen LogP contribution in [0.4, 0.5) is 0 Å². The molecule has 1 aliphatic heterocycles. The number of benzene rings is 1. The number of aliphatic hydroxyl groups is 1. The van der Waals surface area contributed by atoms with Crippen molar-refractivity contribution in [3.8, 4) is 0 Å². The molecule has 1 aromatic rings. The number of rotatable bonds is 4. The Kier molecular flexibility index (Phi) is 4.16. The zero-order chi connectivity index (χ0) is 14.0. The van der Waals surface area contributed by atoms with Crippen LogP contribution in [0.5, 0.6) is 0 Å². The number of nitrogens with zero attached hydrogens (tertiary/aromatic N) is 1. The molecule has 0 radical (unpaired) electrons. The molecule has 104 valence electrons. The second kappa shape index (κ2) is 5.51. The smallest absolute Gasteiger partial charge is 0.223 e. The number of halogens is 1. The monoisotopic (exact) mass is 281 g/mol. The van der Waals surface area contributed by atoms with Gasteiger partial charge in [0.1, 0.15) is 0 Å². The van der Waals surface area contributed by atoms with Gasteiger partial charge in [-0.3, -0.25) is 4.79 Å². The Morgan fingerprint density at radius 1 is 1.47 bits per heavy atom. The standard InChI is InChI=1S/C15H20ClNO2/c1-15(2,12-4-3-5-13(16)7-12)10-17-8-11(9-18)6-14(17)19/h3-5,7,11,18H,6,8-10H2,1-2H3. The quantitative estimate of drug-likeness (QED) is 0.921. The minimum atomic E-state index is -0.148. The number of hydrogen-bond acceptors (Lipinski definition) is 2. The summed E-state index contributed by atoms with van der Waals surface area (Å²) in [5.74, 6) is 0.219. The van der Waals surface area contributed by atoms with E-state index < -0.39 is 0 Å². The number of likely N-dealkylation sites (tertiary alicyclic amines) is 1. The molecule has 1 heterocycles. The number of aliphatic hydroxyl groups excluding tert-OH is 1. The van der Waals surface area contributed by atoms with Gasteiger partial charge in [-0.1, -0.05) is 37.6 Å². The largest absolute Gasteiger partial charge is 0.396 e. The summed E-state index contributed by atoms with van der Waals surface area (Å²) in [5, 5.41) is 9.87. The number of carbonyl (C=O) groups is 1. The van der Waals surface area contributed by atoms with E-state index in [4.69, 9.17) is 16.7 Å². The van der Waals surface area contributed by atoms with E-state index in [1.807, 2.05) is 29.2 Å². The lowest BCUT2D eigenvalue weighted by atomic mass is 9.84. The molecule has 1 amide bonds. The van der Waals surface area contributed by atoms with Gasteiger partial charge in [-0.25, -0.2) is 0 Å². The van der Waals surface area contributed by atoms with E-state index in [1.54, 1.807) is 0 Å². The number of amides is 1. The molecular weight excluding hydrogens is 262 g/mol. The zero-order valence-corrected chi connectivity index (χ0v) is 12.2. The van der Waals surface area contributed by atoms with Gasteiger partial charge in [-0.05, 0) is 17.7 Å². The Morgan fingerprint density at radius 3 is 2.79 bits per heavy atom. The molecule has 19 heavy (non-hydrogen) atoms. The van der Waals surface area contributed by atoms with Gasteiger partial charge in [-0.15, -0.1) is 0 Å². The third-order valence-electron chi connectivity index (χ3n) is 3.75. The first-order valence-corrected chi connectivity index (χ1v) is 6.95. The summed E-state index contributed by atoms with van der Waals surface area (Å²) >= 11 is 6.03. The Morgan fingerprint density at radius 2 is 2.21 bits per heavy atom. The van der Waals surface area contributed by atoms with Gasteiger partial charge in [0.15, 0.2) is 0 Å². The summed E-state index contributed by atoms with van der Waals surface area (Å²) in [6, 6.07) is 7.77. The molecule has 1 atom stereocenters. The summed E-state index contributed by atoms with van der Waals surface area (Å²) in [6.45, 7) is 5.61. The highest BCUT2D eigenvalue weighted by Gasteiger charge is 2.33. The zero-order valence-electron chi connectivity index (χ0n) is 11.4. The molecule has 3 nitrogen and oxygen atoms in total. The fourth-order valence-electron chi connectivity index (χ4n) is 2.61. The van der Waals surface area contributed by atoms with Crippen LogP contribution in [0.2, 0.25) is 5.02 Å². The van der Waals surface area contributed by atoms with Crippen LogP contribution in [0.3, 0.4) is 0 Å². The average molecular weight is 282 g/mol. The van der Waals surface area contributed by atoms with Crippen molar-refractivity contribution in [1.29, 1.82) is 0 Å². The fourth-order valence-corrected chi connectivity index (χ4v) is 2.80. The van der Waals surface area contributed by atoms with Crippen molar-refractivity contribution in [2.75, 3.05) is 19.7 Å². The summed E-state index contributed by atoms with van der Waals surface area (Å²) < 4.78 is 0. The maximum absolute atomic E-state index is 11.9. The number of hydrogen-bond donors (Lipinski definition) is 1. The lowest BCUT2D eigenvalue weighted by Gasteiger charge is -2.31. The van der Waals surface area contributed by atoms with E-state index in [9.17, 15) is 4.79 Å². The minimum absolute atomic E-state index is 0.0832. The van der Waals surface area contributed by atoms with Crippen LogP contribution < -0.4 is 0 Å². The van der Waals surface area contributed by atoms with Crippen LogP contribution in [0.15, 0.2) is 24.3 Å². The third-order valence-corrected chi connectivity index (χ3v) is 3.98. The van der Waals surface area contributed by atoms with E-state index in [0.29, 0.717) is 24.5 Å². The van der Waals surface area contributed by atoms with Crippen molar-refractivity contribution in [3.05, 3.63) is 34.9 Å². The predicted molar refractivity (Wildman–Crippen MR) is 76.3 cm³/mol. The SMILES string of the molecule is CC(C)(CN1CC(CO)CC1=O)c1cccc(Cl)c1. The Balaban J connectivity index is 2.11. The van der Waals surface area contributed by atoms with Crippen LogP contribution in [0, 0.1) is 5.92 Å². The number of carbonyl (C=O) groups excluding carboxylic acids is 1. The Hall–Kier alpha value is -1.06. The van der Waals surface area contributed by atoms with Crippen LogP contribution in [-0.2, 0) is 10.2 Å². The second-order valence-corrected chi connectivity index (χ2v) is 6.36. The molecule has 0 saturated carbocycles. The highest BCUT2D eigenvalue weighted by Crippen LogP contribution is 2.29. The molecule has 1 saturated heterocycles. The van der Waals surface area contributed by atoms with Crippen LogP contribution in [-0.4, -0.2) is 35.6 Å². The van der Waals surface area contributed by atoms with Crippen molar-refractivity contribution in [2.45, 2.75) is 25.7 Å². The van der Waals surface area contributed by atoms with Crippen molar-refractivity contribution in [1.82, 2.24) is 4.90 Å². The molecule has 0 bridgehead atoms. The summed E-state index contributed by atoms with van der Waals surface area (Å²) in [7, 11) is 0. The van der Waals surface area contributed by atoms with Gasteiger partial charge in [0.25, 0.3) is 0 Å². The second-order valence-electron chi connectivity index (χ2n) is 5.92. The van der Waals surface area contributed by atoms with Crippen molar-refractivity contribution >= 4 is 17.5 Å². The van der Waals surface area contributed by atoms with E-state index >= 15 is 0 Å². The first-order chi connectivity index (χ1) is 8.92. The summed E-state index contributed by atoms with van der Waals surface area (Å²) in [4.78, 5) is 13.8. The van der Waals surface area contributed by atoms with Gasteiger partial charge in [0, 0.05) is 42.5 Å². The first-order valence-electron chi connectivity index (χ1n) is 6.57. The molecule has 1 aliphatic rings. The molecule has 4 heteroatoms. The van der Waals surface area contributed by atoms with Crippen molar-refractivity contribution in [2.24, 2.45) is 5.92 Å². The van der Waals surface area contributed by atoms with Gasteiger partial charge in [0.05, 0.1) is 0 Å². The maximum Gasteiger partial charge on any atom is 0.223 e. The molecule has 1 aromatic carbocycles. The first kappa shape index (κ1) is 14.4. The highest BCUT2D eigenvalue weighted by molar-refractivity contribution is 6.30. The predicted octanol–water partition coefficient (Wildman–Crippen LogP) is 2.46. The Bertz CT molecular complexity index is 473. The van der Waals surface area contributed by atoms with Gasteiger partial charge >= 0.3 is 0 Å². The summed E-state index contributed by atoms with van der Waals surface area (Å²) in [5.41, 5.74) is 0.977. The molecule has 0 aromatic heterocycles. The van der Waals surface area contributed by atoms with Crippen LogP contribution >= 0.6 is 11.6 Å².